The average molecular weight is 279 g/mol. The normalized spacial score (nSPS) is 19.6. The Morgan fingerprint density at radius 1 is 1.40 bits per heavy atom. The van der Waals surface area contributed by atoms with Crippen LogP contribution in [0.15, 0.2) is 24.3 Å². The van der Waals surface area contributed by atoms with Crippen molar-refractivity contribution in [3.8, 4) is 0 Å². The molecule has 0 spiro atoms. The van der Waals surface area contributed by atoms with Gasteiger partial charge in [-0.15, -0.1) is 0 Å². The van der Waals surface area contributed by atoms with E-state index in [1.807, 2.05) is 0 Å². The van der Waals surface area contributed by atoms with E-state index in [2.05, 4.69) is 5.32 Å². The highest BCUT2D eigenvalue weighted by molar-refractivity contribution is 5.92. The summed E-state index contributed by atoms with van der Waals surface area (Å²) in [6.07, 6.45) is 2.56. The first-order chi connectivity index (χ1) is 9.56. The topological polar surface area (TPSA) is 75.4 Å². The van der Waals surface area contributed by atoms with Gasteiger partial charge in [-0.25, -0.2) is 4.39 Å². The van der Waals surface area contributed by atoms with Gasteiger partial charge in [-0.1, -0.05) is 12.5 Å². The Hall–Kier alpha value is -1.95. The van der Waals surface area contributed by atoms with Gasteiger partial charge in [0.2, 0.25) is 11.8 Å². The van der Waals surface area contributed by atoms with Crippen LogP contribution in [-0.4, -0.2) is 35.8 Å². The van der Waals surface area contributed by atoms with Crippen LogP contribution in [0.4, 0.5) is 10.1 Å². The number of benzene rings is 1. The molecule has 0 aliphatic carbocycles. The van der Waals surface area contributed by atoms with Crippen LogP contribution in [0, 0.1) is 5.82 Å². The Kier molecular flexibility index (Phi) is 4.68. The second kappa shape index (κ2) is 6.47. The molecule has 0 unspecified atom stereocenters. The van der Waals surface area contributed by atoms with E-state index >= 15 is 0 Å². The van der Waals surface area contributed by atoms with Crippen LogP contribution in [-0.2, 0) is 9.59 Å². The van der Waals surface area contributed by atoms with E-state index in [0.717, 1.165) is 12.8 Å². The Morgan fingerprint density at radius 3 is 2.90 bits per heavy atom. The van der Waals surface area contributed by atoms with Crippen LogP contribution in [0.5, 0.6) is 0 Å². The Bertz CT molecular complexity index is 507. The van der Waals surface area contributed by atoms with Crippen LogP contribution in [0.3, 0.4) is 0 Å². The number of hydrogen-bond donors (Lipinski definition) is 2. The number of rotatable bonds is 4. The lowest BCUT2D eigenvalue weighted by Crippen LogP contribution is -2.50. The molecule has 1 saturated heterocycles. The fourth-order valence-electron chi connectivity index (χ4n) is 2.45. The minimum absolute atomic E-state index is 0.0874. The third kappa shape index (κ3) is 3.77. The number of hydrogen-bond acceptors (Lipinski definition) is 3. The maximum Gasteiger partial charge on any atom is 0.238 e. The highest BCUT2D eigenvalue weighted by Gasteiger charge is 2.28. The number of nitrogens with two attached hydrogens (primary N) is 1. The van der Waals surface area contributed by atoms with Gasteiger partial charge in [0.15, 0.2) is 0 Å². The lowest BCUT2D eigenvalue weighted by molar-refractivity contribution is -0.126. The van der Waals surface area contributed by atoms with Gasteiger partial charge in [-0.05, 0) is 37.6 Å². The third-order valence-electron chi connectivity index (χ3n) is 3.40. The number of nitrogens with zero attached hydrogens (tertiary/aromatic N) is 1. The first-order valence-electron chi connectivity index (χ1n) is 6.65. The average Bonchev–Trinajstić information content (AvgIpc) is 2.38. The summed E-state index contributed by atoms with van der Waals surface area (Å²) in [5.41, 5.74) is 5.75. The SMILES string of the molecule is NC(=O)[C@H]1CCCCN1CC(=O)Nc1cccc(F)c1. The van der Waals surface area contributed by atoms with E-state index in [1.165, 1.54) is 18.2 Å². The van der Waals surface area contributed by atoms with Crippen molar-refractivity contribution in [3.05, 3.63) is 30.1 Å². The van der Waals surface area contributed by atoms with Crippen LogP contribution in [0.1, 0.15) is 19.3 Å². The quantitative estimate of drug-likeness (QED) is 0.866. The van der Waals surface area contributed by atoms with Crippen molar-refractivity contribution in [3.63, 3.8) is 0 Å². The molecule has 2 amide bonds. The van der Waals surface area contributed by atoms with E-state index in [9.17, 15) is 14.0 Å². The molecule has 20 heavy (non-hydrogen) atoms. The molecule has 1 aromatic carbocycles. The number of anilines is 1. The molecule has 1 fully saturated rings. The van der Waals surface area contributed by atoms with Crippen LogP contribution >= 0.6 is 0 Å². The highest BCUT2D eigenvalue weighted by Crippen LogP contribution is 2.17. The van der Waals surface area contributed by atoms with Crippen molar-refractivity contribution in [1.29, 1.82) is 0 Å². The van der Waals surface area contributed by atoms with Gasteiger partial charge in [0, 0.05) is 5.69 Å². The molecule has 1 aliphatic heterocycles. The summed E-state index contributed by atoms with van der Waals surface area (Å²) in [6, 6.07) is 5.31. The number of amides is 2. The van der Waals surface area contributed by atoms with Gasteiger partial charge in [-0.3, -0.25) is 14.5 Å². The second-order valence-electron chi connectivity index (χ2n) is 4.94. The lowest BCUT2D eigenvalue weighted by Gasteiger charge is -2.32. The van der Waals surface area contributed by atoms with Gasteiger partial charge in [-0.2, -0.15) is 0 Å². The summed E-state index contributed by atoms with van der Waals surface area (Å²) in [5.74, 6) is -1.08. The molecular weight excluding hydrogens is 261 g/mol. The number of carbonyl (C=O) groups is 2. The predicted molar refractivity (Wildman–Crippen MR) is 73.4 cm³/mol. The van der Waals surface area contributed by atoms with Crippen LogP contribution in [0.2, 0.25) is 0 Å². The summed E-state index contributed by atoms with van der Waals surface area (Å²) in [4.78, 5) is 25.1. The minimum Gasteiger partial charge on any atom is -0.368 e. The van der Waals surface area contributed by atoms with Crippen molar-refractivity contribution in [1.82, 2.24) is 4.90 Å². The summed E-state index contributed by atoms with van der Waals surface area (Å²) in [7, 11) is 0. The molecule has 1 aliphatic rings. The number of piperidine rings is 1. The number of halogens is 1. The standard InChI is InChI=1S/C14H18FN3O2/c15-10-4-3-5-11(8-10)17-13(19)9-18-7-2-1-6-12(18)14(16)20/h3-5,8,12H,1-2,6-7,9H2,(H2,16,20)(H,17,19)/t12-/m1/s1. The largest absolute Gasteiger partial charge is 0.368 e. The fraction of sp³-hybridized carbons (Fsp3) is 0.429. The Balaban J connectivity index is 1.94. The maximum absolute atomic E-state index is 13.0. The first kappa shape index (κ1) is 14.5. The van der Waals surface area contributed by atoms with Crippen molar-refractivity contribution in [2.24, 2.45) is 5.73 Å². The number of nitrogens with one attached hydrogen (secondary N) is 1. The summed E-state index contributed by atoms with van der Waals surface area (Å²) >= 11 is 0. The van der Waals surface area contributed by atoms with Gasteiger partial charge in [0.25, 0.3) is 0 Å². The highest BCUT2D eigenvalue weighted by atomic mass is 19.1. The first-order valence-corrected chi connectivity index (χ1v) is 6.65. The number of carbonyl (C=O) groups excluding carboxylic acids is 2. The smallest absolute Gasteiger partial charge is 0.238 e. The zero-order chi connectivity index (χ0) is 14.5. The molecule has 1 atom stereocenters. The zero-order valence-corrected chi connectivity index (χ0v) is 11.1. The molecule has 3 N–H and O–H groups in total. The van der Waals surface area contributed by atoms with E-state index in [4.69, 9.17) is 5.73 Å². The zero-order valence-electron chi connectivity index (χ0n) is 11.1. The van der Waals surface area contributed by atoms with Crippen LogP contribution < -0.4 is 11.1 Å². The van der Waals surface area contributed by atoms with Crippen molar-refractivity contribution >= 4 is 17.5 Å². The Morgan fingerprint density at radius 2 is 2.20 bits per heavy atom. The molecule has 5 nitrogen and oxygen atoms in total. The van der Waals surface area contributed by atoms with E-state index in [-0.39, 0.29) is 18.5 Å². The Labute approximate surface area is 116 Å². The molecule has 108 valence electrons. The molecule has 0 radical (unpaired) electrons. The van der Waals surface area contributed by atoms with E-state index in [0.29, 0.717) is 18.7 Å². The summed E-state index contributed by atoms with van der Waals surface area (Å²) in [5, 5.41) is 2.62. The number of likely N-dealkylation sites (tertiary alicyclic amines) is 1. The number of primary amides is 1. The van der Waals surface area contributed by atoms with Crippen LogP contribution in [0.25, 0.3) is 0 Å². The van der Waals surface area contributed by atoms with Crippen molar-refractivity contribution in [2.45, 2.75) is 25.3 Å². The molecule has 6 heteroatoms. The molecule has 0 bridgehead atoms. The fourth-order valence-corrected chi connectivity index (χ4v) is 2.45. The van der Waals surface area contributed by atoms with E-state index in [1.54, 1.807) is 11.0 Å². The minimum atomic E-state index is -0.407. The second-order valence-corrected chi connectivity index (χ2v) is 4.94. The molecule has 0 saturated carbocycles. The molecule has 2 rings (SSSR count). The maximum atomic E-state index is 13.0. The van der Waals surface area contributed by atoms with Gasteiger partial charge in [0.05, 0.1) is 12.6 Å². The van der Waals surface area contributed by atoms with Gasteiger partial charge < -0.3 is 11.1 Å². The van der Waals surface area contributed by atoms with Gasteiger partial charge >= 0.3 is 0 Å². The molecular formula is C14H18FN3O2. The van der Waals surface area contributed by atoms with E-state index < -0.39 is 11.7 Å². The predicted octanol–water partition coefficient (Wildman–Crippen LogP) is 1.10. The van der Waals surface area contributed by atoms with Gasteiger partial charge in [0.1, 0.15) is 5.82 Å². The van der Waals surface area contributed by atoms with Crippen molar-refractivity contribution in [2.75, 3.05) is 18.4 Å². The third-order valence-corrected chi connectivity index (χ3v) is 3.40. The summed E-state index contributed by atoms with van der Waals surface area (Å²) in [6.45, 7) is 0.758. The molecule has 1 heterocycles. The molecule has 0 aromatic heterocycles. The van der Waals surface area contributed by atoms with Crippen molar-refractivity contribution < 1.29 is 14.0 Å². The summed E-state index contributed by atoms with van der Waals surface area (Å²) < 4.78 is 13.0. The monoisotopic (exact) mass is 279 g/mol. The lowest BCUT2D eigenvalue weighted by atomic mass is 10.0. The molecule has 1 aromatic rings.